The van der Waals surface area contributed by atoms with Gasteiger partial charge in [0.15, 0.2) is 0 Å². The highest BCUT2D eigenvalue weighted by Crippen LogP contribution is 2.56. The Morgan fingerprint density at radius 1 is 1.32 bits per heavy atom. The van der Waals surface area contributed by atoms with E-state index in [1.165, 1.54) is 0 Å². The van der Waals surface area contributed by atoms with E-state index in [1.54, 1.807) is 30.6 Å². The van der Waals surface area contributed by atoms with Crippen molar-refractivity contribution in [3.8, 4) is 6.07 Å². The Labute approximate surface area is 179 Å². The van der Waals surface area contributed by atoms with Crippen LogP contribution < -0.4 is 10.2 Å². The van der Waals surface area contributed by atoms with E-state index in [0.717, 1.165) is 49.2 Å². The molecule has 1 aromatic carbocycles. The Morgan fingerprint density at radius 3 is 2.87 bits per heavy atom. The lowest BCUT2D eigenvalue weighted by Crippen LogP contribution is -2.48. The van der Waals surface area contributed by atoms with Crippen LogP contribution in [0.5, 0.6) is 0 Å². The van der Waals surface area contributed by atoms with Gasteiger partial charge < -0.3 is 20.3 Å². The maximum absolute atomic E-state index is 13.0. The number of hydrogen-bond acceptors (Lipinski definition) is 6. The highest BCUT2D eigenvalue weighted by molar-refractivity contribution is 5.87. The number of fused-ring (bicyclic) bond motifs is 1. The molecule has 0 radical (unpaired) electrons. The molecule has 31 heavy (non-hydrogen) atoms. The molecular formula is C23H24N6O2. The predicted molar refractivity (Wildman–Crippen MR) is 115 cm³/mol. The average molecular weight is 416 g/mol. The van der Waals surface area contributed by atoms with E-state index in [4.69, 9.17) is 5.26 Å². The van der Waals surface area contributed by atoms with Crippen LogP contribution in [0.15, 0.2) is 42.9 Å². The van der Waals surface area contributed by atoms with Gasteiger partial charge >= 0.3 is 0 Å². The van der Waals surface area contributed by atoms with Crippen molar-refractivity contribution in [2.24, 2.45) is 11.3 Å². The summed E-state index contributed by atoms with van der Waals surface area (Å²) in [7, 11) is 0. The molecule has 0 bridgehead atoms. The molecule has 1 amide bonds. The third-order valence-electron chi connectivity index (χ3n) is 6.67. The normalized spacial score (nSPS) is 20.4. The number of nitrogens with one attached hydrogen (secondary N) is 2. The fourth-order valence-electron chi connectivity index (χ4n) is 4.75. The highest BCUT2D eigenvalue weighted by Gasteiger charge is 2.55. The maximum atomic E-state index is 13.0. The molecule has 158 valence electrons. The molecule has 1 saturated heterocycles. The van der Waals surface area contributed by atoms with E-state index >= 15 is 0 Å². The van der Waals surface area contributed by atoms with Crippen LogP contribution in [0.25, 0.3) is 11.0 Å². The number of nitriles is 1. The summed E-state index contributed by atoms with van der Waals surface area (Å²) in [4.78, 5) is 27.2. The summed E-state index contributed by atoms with van der Waals surface area (Å²) < 4.78 is 0. The molecule has 3 heterocycles. The van der Waals surface area contributed by atoms with E-state index in [1.807, 2.05) is 12.3 Å². The van der Waals surface area contributed by atoms with E-state index < -0.39 is 6.10 Å². The maximum Gasteiger partial charge on any atom is 0.223 e. The van der Waals surface area contributed by atoms with E-state index in [9.17, 15) is 9.90 Å². The molecule has 8 nitrogen and oxygen atoms in total. The van der Waals surface area contributed by atoms with Gasteiger partial charge in [0.25, 0.3) is 0 Å². The van der Waals surface area contributed by atoms with Gasteiger partial charge in [-0.2, -0.15) is 5.26 Å². The molecule has 2 atom stereocenters. The summed E-state index contributed by atoms with van der Waals surface area (Å²) >= 11 is 0. The molecule has 2 aromatic heterocycles. The van der Waals surface area contributed by atoms with Crippen LogP contribution in [0.4, 0.5) is 5.82 Å². The number of carbonyl (C=O) groups excluding carboxylic acids is 1. The summed E-state index contributed by atoms with van der Waals surface area (Å²) in [6.45, 7) is 1.73. The van der Waals surface area contributed by atoms with Crippen molar-refractivity contribution in [1.82, 2.24) is 20.3 Å². The summed E-state index contributed by atoms with van der Waals surface area (Å²) in [5.74, 6) is 0.882. The van der Waals surface area contributed by atoms with Crippen molar-refractivity contribution < 1.29 is 9.90 Å². The number of amides is 1. The molecule has 1 aliphatic carbocycles. The van der Waals surface area contributed by atoms with Crippen LogP contribution in [-0.2, 0) is 4.79 Å². The van der Waals surface area contributed by atoms with Gasteiger partial charge in [-0.05, 0) is 48.4 Å². The van der Waals surface area contributed by atoms with E-state index in [0.29, 0.717) is 11.1 Å². The fourth-order valence-corrected chi connectivity index (χ4v) is 4.75. The number of piperidine rings is 1. The largest absolute Gasteiger partial charge is 0.387 e. The van der Waals surface area contributed by atoms with Crippen LogP contribution in [0.1, 0.15) is 36.5 Å². The number of H-pyrrole nitrogens is 1. The number of anilines is 1. The molecule has 3 aromatic rings. The number of aliphatic hydroxyl groups is 1. The number of aromatic amines is 1. The Hall–Kier alpha value is -3.44. The van der Waals surface area contributed by atoms with Crippen LogP contribution in [0, 0.1) is 22.7 Å². The molecule has 3 N–H and O–H groups in total. The van der Waals surface area contributed by atoms with Crippen LogP contribution in [0.3, 0.4) is 0 Å². The number of aliphatic hydroxyl groups excluding tert-OH is 1. The second-order valence-electron chi connectivity index (χ2n) is 8.56. The lowest BCUT2D eigenvalue weighted by atomic mass is 9.81. The summed E-state index contributed by atoms with van der Waals surface area (Å²) in [5.41, 5.74) is 2.04. The number of carbonyl (C=O) groups is 1. The summed E-state index contributed by atoms with van der Waals surface area (Å²) in [6, 6.07) is 10.8. The van der Waals surface area contributed by atoms with Gasteiger partial charge in [-0.1, -0.05) is 12.1 Å². The second kappa shape index (κ2) is 7.67. The number of nitrogens with zero attached hydrogens (tertiary/aromatic N) is 4. The smallest absolute Gasteiger partial charge is 0.223 e. The fraction of sp³-hybridized carbons (Fsp3) is 0.391. The molecule has 2 aliphatic rings. The van der Waals surface area contributed by atoms with Crippen molar-refractivity contribution in [1.29, 1.82) is 5.26 Å². The van der Waals surface area contributed by atoms with Gasteiger partial charge in [0, 0.05) is 31.7 Å². The first-order chi connectivity index (χ1) is 15.1. The van der Waals surface area contributed by atoms with Crippen molar-refractivity contribution in [2.45, 2.75) is 25.4 Å². The molecule has 5 rings (SSSR count). The number of hydrogen-bond donors (Lipinski definition) is 3. The average Bonchev–Trinajstić information content (AvgIpc) is 3.38. The highest BCUT2D eigenvalue weighted by atomic mass is 16.3. The summed E-state index contributed by atoms with van der Waals surface area (Å²) in [5, 5.41) is 23.3. The van der Waals surface area contributed by atoms with Gasteiger partial charge in [0.05, 0.1) is 23.1 Å². The molecule has 8 heteroatoms. The minimum Gasteiger partial charge on any atom is -0.387 e. The minimum atomic E-state index is -0.796. The molecule has 1 saturated carbocycles. The first kappa shape index (κ1) is 19.5. The monoisotopic (exact) mass is 416 g/mol. The predicted octanol–water partition coefficient (Wildman–Crippen LogP) is 2.29. The first-order valence-corrected chi connectivity index (χ1v) is 10.6. The third-order valence-corrected chi connectivity index (χ3v) is 6.67. The van der Waals surface area contributed by atoms with E-state index in [-0.39, 0.29) is 23.8 Å². The zero-order valence-corrected chi connectivity index (χ0v) is 17.1. The van der Waals surface area contributed by atoms with Crippen LogP contribution in [0.2, 0.25) is 0 Å². The minimum absolute atomic E-state index is 0.0133. The Kier molecular flexibility index (Phi) is 4.83. The summed E-state index contributed by atoms with van der Waals surface area (Å²) in [6.07, 6.45) is 5.47. The number of rotatable bonds is 5. The van der Waals surface area contributed by atoms with Gasteiger partial charge in [-0.25, -0.2) is 9.97 Å². The second-order valence-corrected chi connectivity index (χ2v) is 8.56. The van der Waals surface area contributed by atoms with Gasteiger partial charge in [-0.15, -0.1) is 0 Å². The third kappa shape index (κ3) is 3.62. The van der Waals surface area contributed by atoms with Crippen molar-refractivity contribution >= 4 is 22.8 Å². The van der Waals surface area contributed by atoms with Crippen LogP contribution in [-0.4, -0.2) is 45.6 Å². The topological polar surface area (TPSA) is 118 Å². The molecule has 1 spiro atoms. The van der Waals surface area contributed by atoms with Gasteiger partial charge in [-0.3, -0.25) is 4.79 Å². The van der Waals surface area contributed by atoms with Crippen molar-refractivity contribution in [3.05, 3.63) is 54.0 Å². The first-order valence-electron chi connectivity index (χ1n) is 10.6. The van der Waals surface area contributed by atoms with Gasteiger partial charge in [0.2, 0.25) is 5.91 Å². The zero-order valence-electron chi connectivity index (χ0n) is 17.1. The standard InChI is InChI=1S/C23H24N6O2/c24-11-15-1-3-16(4-2-15)19(30)12-26-22(31)18-6-10-29(13-23(18)7-8-23)21-17-5-9-25-20(17)27-14-28-21/h1-5,9,14,18-19,30H,6-8,10,12-13H2,(H,26,31)(H,25,27,28)/t18-,19-/m1/s1. The number of benzene rings is 1. The molecule has 2 fully saturated rings. The lowest BCUT2D eigenvalue weighted by molar-refractivity contribution is -0.128. The lowest BCUT2D eigenvalue weighted by Gasteiger charge is -2.39. The quantitative estimate of drug-likeness (QED) is 0.587. The Morgan fingerprint density at radius 2 is 2.13 bits per heavy atom. The molecule has 0 unspecified atom stereocenters. The van der Waals surface area contributed by atoms with Crippen molar-refractivity contribution in [3.63, 3.8) is 0 Å². The Bertz CT molecular complexity index is 1140. The number of aromatic nitrogens is 3. The Balaban J connectivity index is 1.23. The van der Waals surface area contributed by atoms with Crippen molar-refractivity contribution in [2.75, 3.05) is 24.5 Å². The van der Waals surface area contributed by atoms with Crippen LogP contribution >= 0.6 is 0 Å². The van der Waals surface area contributed by atoms with E-state index in [2.05, 4.69) is 31.2 Å². The SMILES string of the molecule is N#Cc1ccc([C@H](O)CNC(=O)[C@H]2CCN(c3ncnc4[nH]ccc34)CC23CC3)cc1. The molecule has 1 aliphatic heterocycles. The zero-order chi connectivity index (χ0) is 21.4. The molecular weight excluding hydrogens is 392 g/mol. The van der Waals surface area contributed by atoms with Gasteiger partial charge in [0.1, 0.15) is 17.8 Å².